The quantitative estimate of drug-likeness (QED) is 0.855. The van der Waals surface area contributed by atoms with Gasteiger partial charge in [-0.2, -0.15) is 0 Å². The third-order valence-electron chi connectivity index (χ3n) is 4.66. The first kappa shape index (κ1) is 20.0. The fraction of sp³-hybridized carbons (Fsp3) is 0.684. The van der Waals surface area contributed by atoms with Crippen molar-refractivity contribution in [2.45, 2.75) is 69.9 Å². The zero-order chi connectivity index (χ0) is 18.8. The minimum absolute atomic E-state index is 0.0340. The minimum atomic E-state index is -4.65. The molecule has 1 aromatic carbocycles. The maximum atomic E-state index is 12.5. The van der Waals surface area contributed by atoms with Gasteiger partial charge in [-0.05, 0) is 77.7 Å². The van der Waals surface area contributed by atoms with Crippen LogP contribution < -0.4 is 10.1 Å². The first-order valence-corrected chi connectivity index (χ1v) is 8.74. The molecule has 0 aliphatic heterocycles. The van der Waals surface area contributed by atoms with Crippen LogP contribution in [0.25, 0.3) is 0 Å². The van der Waals surface area contributed by atoms with Crippen LogP contribution in [0.2, 0.25) is 0 Å². The van der Waals surface area contributed by atoms with E-state index in [1.165, 1.54) is 12.1 Å². The van der Waals surface area contributed by atoms with Crippen molar-refractivity contribution in [1.82, 2.24) is 10.2 Å². The molecule has 25 heavy (non-hydrogen) atoms. The Morgan fingerprint density at radius 3 is 2.36 bits per heavy atom. The molecule has 3 nitrogen and oxygen atoms in total. The summed E-state index contributed by atoms with van der Waals surface area (Å²) < 4.78 is 41.4. The van der Waals surface area contributed by atoms with Crippen LogP contribution in [0.3, 0.4) is 0 Å². The van der Waals surface area contributed by atoms with Gasteiger partial charge in [-0.15, -0.1) is 13.2 Å². The maximum absolute atomic E-state index is 12.5. The summed E-state index contributed by atoms with van der Waals surface area (Å²) in [6.07, 6.45) is -1.79. The lowest BCUT2D eigenvalue weighted by Gasteiger charge is -2.43. The van der Waals surface area contributed by atoms with Crippen molar-refractivity contribution in [1.29, 1.82) is 0 Å². The number of hydrogen-bond donors (Lipinski definition) is 1. The molecule has 1 fully saturated rings. The monoisotopic (exact) mass is 358 g/mol. The van der Waals surface area contributed by atoms with Gasteiger partial charge in [0.25, 0.3) is 0 Å². The van der Waals surface area contributed by atoms with Crippen molar-refractivity contribution in [3.8, 4) is 5.75 Å². The van der Waals surface area contributed by atoms with Crippen LogP contribution in [-0.4, -0.2) is 43.0 Å². The molecule has 1 aromatic rings. The summed E-state index contributed by atoms with van der Waals surface area (Å²) in [5.74, 6) is 0.101. The van der Waals surface area contributed by atoms with E-state index in [0.717, 1.165) is 24.8 Å². The van der Waals surface area contributed by atoms with Gasteiger partial charge in [0.2, 0.25) is 0 Å². The van der Waals surface area contributed by atoms with Crippen molar-refractivity contribution in [3.05, 3.63) is 29.8 Å². The summed E-state index contributed by atoms with van der Waals surface area (Å²) in [6.45, 7) is 6.47. The average molecular weight is 358 g/mol. The number of ether oxygens (including phenoxy) is 1. The molecule has 1 aliphatic carbocycles. The third-order valence-corrected chi connectivity index (χ3v) is 4.66. The summed E-state index contributed by atoms with van der Waals surface area (Å²) in [5.41, 5.74) is 0.953. The summed E-state index contributed by atoms with van der Waals surface area (Å²) in [6, 6.07) is 7.14. The molecule has 0 bridgehead atoms. The molecule has 1 aliphatic rings. The molecule has 142 valence electrons. The summed E-state index contributed by atoms with van der Waals surface area (Å²) in [5, 5.41) is 3.69. The van der Waals surface area contributed by atoms with E-state index >= 15 is 0 Å². The molecule has 0 saturated heterocycles. The van der Waals surface area contributed by atoms with Crippen molar-refractivity contribution in [3.63, 3.8) is 0 Å². The second kappa shape index (κ2) is 7.54. The molecule has 0 radical (unpaired) electrons. The summed E-state index contributed by atoms with van der Waals surface area (Å²) >= 11 is 0. The highest BCUT2D eigenvalue weighted by Crippen LogP contribution is 2.37. The predicted octanol–water partition coefficient (Wildman–Crippen LogP) is 4.54. The van der Waals surface area contributed by atoms with Gasteiger partial charge in [0, 0.05) is 17.6 Å². The zero-order valence-electron chi connectivity index (χ0n) is 15.7. The van der Waals surface area contributed by atoms with Gasteiger partial charge in [-0.25, -0.2) is 0 Å². The van der Waals surface area contributed by atoms with E-state index < -0.39 is 6.36 Å². The first-order valence-electron chi connectivity index (χ1n) is 8.74. The number of likely N-dealkylation sites (N-methyl/N-ethyl adjacent to an activating group) is 1. The number of alkyl halides is 3. The molecule has 3 atom stereocenters. The van der Waals surface area contributed by atoms with Gasteiger partial charge >= 0.3 is 6.36 Å². The Bertz CT molecular complexity index is 567. The Hall–Kier alpha value is -1.27. The number of hydrogen-bond acceptors (Lipinski definition) is 3. The van der Waals surface area contributed by atoms with Crippen molar-refractivity contribution in [2.24, 2.45) is 0 Å². The highest BCUT2D eigenvalue weighted by atomic mass is 19.4. The lowest BCUT2D eigenvalue weighted by molar-refractivity contribution is -0.274. The predicted molar refractivity (Wildman–Crippen MR) is 93.9 cm³/mol. The van der Waals surface area contributed by atoms with Crippen LogP contribution >= 0.6 is 0 Å². The smallest absolute Gasteiger partial charge is 0.406 e. The van der Waals surface area contributed by atoms with Crippen LogP contribution in [0.5, 0.6) is 5.75 Å². The summed E-state index contributed by atoms with van der Waals surface area (Å²) in [4.78, 5) is 2.21. The molecular formula is C19H29F3N2O. The SMILES string of the molecule is CN(C)[C@H]1C[C@@H](c2cccc(OC(F)(F)F)c2)CC[C@@H]1NC(C)(C)C. The Balaban J connectivity index is 2.13. The third kappa shape index (κ3) is 6.19. The summed E-state index contributed by atoms with van der Waals surface area (Å²) in [7, 11) is 4.13. The first-order chi connectivity index (χ1) is 11.4. The number of nitrogens with zero attached hydrogens (tertiary/aromatic N) is 1. The number of halogens is 3. The lowest BCUT2D eigenvalue weighted by atomic mass is 9.77. The van der Waals surface area contributed by atoms with Crippen LogP contribution in [0, 0.1) is 0 Å². The molecule has 6 heteroatoms. The largest absolute Gasteiger partial charge is 0.573 e. The molecule has 2 rings (SSSR count). The van der Waals surface area contributed by atoms with E-state index in [9.17, 15) is 13.2 Å². The van der Waals surface area contributed by atoms with Crippen LogP contribution in [-0.2, 0) is 0 Å². The van der Waals surface area contributed by atoms with E-state index in [-0.39, 0.29) is 17.2 Å². The average Bonchev–Trinajstić information content (AvgIpc) is 2.44. The van der Waals surface area contributed by atoms with E-state index in [1.807, 2.05) is 6.07 Å². The Kier molecular flexibility index (Phi) is 6.05. The number of nitrogens with one attached hydrogen (secondary N) is 1. The van der Waals surface area contributed by atoms with Crippen LogP contribution in [0.15, 0.2) is 24.3 Å². The molecule has 1 saturated carbocycles. The normalized spacial score (nSPS) is 25.2. The van der Waals surface area contributed by atoms with Crippen molar-refractivity contribution in [2.75, 3.05) is 14.1 Å². The zero-order valence-corrected chi connectivity index (χ0v) is 15.7. The lowest BCUT2D eigenvalue weighted by Crippen LogP contribution is -2.55. The fourth-order valence-electron chi connectivity index (χ4n) is 3.71. The Labute approximate surface area is 148 Å². The number of rotatable bonds is 4. The number of benzene rings is 1. The fourth-order valence-corrected chi connectivity index (χ4v) is 3.71. The Morgan fingerprint density at radius 2 is 1.80 bits per heavy atom. The minimum Gasteiger partial charge on any atom is -0.406 e. The van der Waals surface area contributed by atoms with Gasteiger partial charge in [0.1, 0.15) is 5.75 Å². The van der Waals surface area contributed by atoms with Gasteiger partial charge in [-0.3, -0.25) is 0 Å². The molecule has 1 N–H and O–H groups in total. The second-order valence-electron chi connectivity index (χ2n) is 8.16. The van der Waals surface area contributed by atoms with Crippen LogP contribution in [0.1, 0.15) is 51.5 Å². The van der Waals surface area contributed by atoms with E-state index in [0.29, 0.717) is 12.1 Å². The highest BCUT2D eigenvalue weighted by Gasteiger charge is 2.35. The van der Waals surface area contributed by atoms with Crippen molar-refractivity contribution >= 4 is 0 Å². The van der Waals surface area contributed by atoms with Crippen molar-refractivity contribution < 1.29 is 17.9 Å². The molecular weight excluding hydrogens is 329 g/mol. The second-order valence-corrected chi connectivity index (χ2v) is 8.16. The maximum Gasteiger partial charge on any atom is 0.573 e. The van der Waals surface area contributed by atoms with E-state index in [4.69, 9.17) is 0 Å². The van der Waals surface area contributed by atoms with Gasteiger partial charge in [0.05, 0.1) is 0 Å². The topological polar surface area (TPSA) is 24.5 Å². The van der Waals surface area contributed by atoms with Gasteiger partial charge < -0.3 is 15.0 Å². The van der Waals surface area contributed by atoms with E-state index in [2.05, 4.69) is 49.8 Å². The molecule has 0 aromatic heterocycles. The molecule has 0 spiro atoms. The van der Waals surface area contributed by atoms with Crippen LogP contribution in [0.4, 0.5) is 13.2 Å². The molecule has 0 unspecified atom stereocenters. The molecule has 0 heterocycles. The highest BCUT2D eigenvalue weighted by molar-refractivity contribution is 5.31. The standard InChI is InChI=1S/C19H29F3N2O/c1-18(2,3)23-16-10-9-14(12-17(16)24(4)5)13-7-6-8-15(11-13)25-19(20,21)22/h6-8,11,14,16-17,23H,9-10,12H2,1-5H3/t14-,16-,17-/m0/s1. The van der Waals surface area contributed by atoms with Gasteiger partial charge in [-0.1, -0.05) is 12.1 Å². The molecule has 0 amide bonds. The Morgan fingerprint density at radius 1 is 1.12 bits per heavy atom. The van der Waals surface area contributed by atoms with E-state index in [1.54, 1.807) is 6.07 Å². The van der Waals surface area contributed by atoms with Gasteiger partial charge in [0.15, 0.2) is 0 Å².